The van der Waals surface area contributed by atoms with Gasteiger partial charge >= 0.3 is 0 Å². The second-order valence-electron chi connectivity index (χ2n) is 7.46. The quantitative estimate of drug-likeness (QED) is 0.373. The highest BCUT2D eigenvalue weighted by atomic mass is 32.2. The lowest BCUT2D eigenvalue weighted by molar-refractivity contribution is -0.132. The Morgan fingerprint density at radius 1 is 1.12 bits per heavy atom. The maximum atomic E-state index is 13.4. The maximum Gasteiger partial charge on any atom is 0.265 e. The number of carbonyl (C=O) groups excluding carboxylic acids is 1. The van der Waals surface area contributed by atoms with Crippen LogP contribution < -0.4 is 15.5 Å². The normalized spacial score (nSPS) is 15.8. The lowest BCUT2D eigenvalue weighted by atomic mass is 9.96. The molecule has 0 aliphatic carbocycles. The zero-order valence-electron chi connectivity index (χ0n) is 17.4. The highest BCUT2D eigenvalue weighted by Gasteiger charge is 2.51. The zero-order valence-corrected chi connectivity index (χ0v) is 18.2. The van der Waals surface area contributed by atoms with E-state index in [1.165, 1.54) is 22.3 Å². The molecule has 0 spiro atoms. The molecule has 1 saturated heterocycles. The molecule has 0 unspecified atom stereocenters. The number of piperidine rings is 1. The Morgan fingerprint density at radius 3 is 2.38 bits per heavy atom. The minimum absolute atomic E-state index is 0.00208. The van der Waals surface area contributed by atoms with E-state index < -0.39 is 20.5 Å². The van der Waals surface area contributed by atoms with Crippen LogP contribution in [0.15, 0.2) is 59.6 Å². The van der Waals surface area contributed by atoms with Gasteiger partial charge in [0, 0.05) is 5.56 Å². The lowest BCUT2D eigenvalue weighted by Gasteiger charge is -2.34. The summed E-state index contributed by atoms with van der Waals surface area (Å²) in [6.07, 6.45) is 1.87. The number of carbonyl (C=O) groups is 1. The summed E-state index contributed by atoms with van der Waals surface area (Å²) in [5.41, 5.74) is 3.66. The van der Waals surface area contributed by atoms with E-state index in [1.54, 1.807) is 25.4 Å². The molecule has 168 valence electrons. The van der Waals surface area contributed by atoms with Gasteiger partial charge in [0.15, 0.2) is 14.6 Å². The second-order valence-corrected chi connectivity index (χ2v) is 9.72. The van der Waals surface area contributed by atoms with Crippen LogP contribution in [0.25, 0.3) is 16.9 Å². The largest absolute Gasteiger partial charge is 0.497 e. The van der Waals surface area contributed by atoms with Gasteiger partial charge in [-0.3, -0.25) is 10.0 Å². The molecule has 1 aliphatic rings. The number of aromatic nitrogens is 3. The van der Waals surface area contributed by atoms with Gasteiger partial charge in [-0.25, -0.2) is 18.6 Å². The van der Waals surface area contributed by atoms with Crippen LogP contribution in [0.2, 0.25) is 0 Å². The van der Waals surface area contributed by atoms with Crippen molar-refractivity contribution in [3.63, 3.8) is 0 Å². The fourth-order valence-electron chi connectivity index (χ4n) is 3.84. The SMILES string of the molecule is COc1ccc(-c2cn(-c3ccc(S(=O)(=O)C4(C(=O)NO)CCNCC4)cc3)nn2)cc1. The van der Waals surface area contributed by atoms with Crippen molar-refractivity contribution >= 4 is 15.7 Å². The lowest BCUT2D eigenvalue weighted by Crippen LogP contribution is -2.57. The smallest absolute Gasteiger partial charge is 0.265 e. The van der Waals surface area contributed by atoms with Crippen LogP contribution >= 0.6 is 0 Å². The van der Waals surface area contributed by atoms with Crippen LogP contribution in [0.4, 0.5) is 0 Å². The molecule has 0 radical (unpaired) electrons. The molecule has 0 bridgehead atoms. The van der Waals surface area contributed by atoms with E-state index >= 15 is 0 Å². The zero-order chi connectivity index (χ0) is 22.8. The van der Waals surface area contributed by atoms with Gasteiger partial charge in [0.05, 0.1) is 23.9 Å². The fraction of sp³-hybridized carbons (Fsp3) is 0.286. The summed E-state index contributed by atoms with van der Waals surface area (Å²) in [5.74, 6) is -0.178. The van der Waals surface area contributed by atoms with Crippen molar-refractivity contribution in [2.75, 3.05) is 20.2 Å². The van der Waals surface area contributed by atoms with Gasteiger partial charge in [0.25, 0.3) is 5.91 Å². The number of rotatable bonds is 6. The Labute approximate surface area is 185 Å². The van der Waals surface area contributed by atoms with Gasteiger partial charge in [-0.2, -0.15) is 0 Å². The third-order valence-corrected chi connectivity index (χ3v) is 8.25. The Hall–Kier alpha value is -3.28. The first kappa shape index (κ1) is 21.9. The van der Waals surface area contributed by atoms with Gasteiger partial charge in [-0.05, 0) is 74.5 Å². The Kier molecular flexibility index (Phi) is 5.96. The second kappa shape index (κ2) is 8.69. The van der Waals surface area contributed by atoms with Crippen molar-refractivity contribution in [2.45, 2.75) is 22.5 Å². The maximum absolute atomic E-state index is 13.4. The third-order valence-electron chi connectivity index (χ3n) is 5.73. The number of amides is 1. The molecule has 1 amide bonds. The Bertz CT molecular complexity index is 1200. The number of benzene rings is 2. The van der Waals surface area contributed by atoms with E-state index in [-0.39, 0.29) is 17.7 Å². The predicted octanol–water partition coefficient (Wildman–Crippen LogP) is 1.34. The summed E-state index contributed by atoms with van der Waals surface area (Å²) in [4.78, 5) is 12.4. The molecule has 32 heavy (non-hydrogen) atoms. The van der Waals surface area contributed by atoms with E-state index in [4.69, 9.17) is 4.74 Å². The van der Waals surface area contributed by atoms with Gasteiger partial charge in [-0.15, -0.1) is 5.10 Å². The molecular weight excluding hydrogens is 434 g/mol. The molecule has 10 nitrogen and oxygen atoms in total. The molecule has 3 N–H and O–H groups in total. The molecule has 1 fully saturated rings. The molecular formula is C21H23N5O5S. The molecule has 4 rings (SSSR count). The van der Waals surface area contributed by atoms with E-state index in [2.05, 4.69) is 15.6 Å². The first-order valence-electron chi connectivity index (χ1n) is 9.98. The van der Waals surface area contributed by atoms with E-state index in [9.17, 15) is 18.4 Å². The predicted molar refractivity (Wildman–Crippen MR) is 115 cm³/mol. The topological polar surface area (TPSA) is 135 Å². The van der Waals surface area contributed by atoms with Crippen molar-refractivity contribution in [1.82, 2.24) is 25.8 Å². The molecule has 11 heteroatoms. The van der Waals surface area contributed by atoms with Crippen molar-refractivity contribution < 1.29 is 23.2 Å². The number of nitrogens with one attached hydrogen (secondary N) is 2. The summed E-state index contributed by atoms with van der Waals surface area (Å²) < 4.78 is 31.7. The molecule has 1 aliphatic heterocycles. The van der Waals surface area contributed by atoms with Crippen molar-refractivity contribution in [2.24, 2.45) is 0 Å². The molecule has 0 atom stereocenters. The molecule has 3 aromatic rings. The van der Waals surface area contributed by atoms with Crippen LogP contribution in [0.5, 0.6) is 5.75 Å². The average Bonchev–Trinajstić information content (AvgIpc) is 3.34. The number of sulfone groups is 1. The monoisotopic (exact) mass is 457 g/mol. The first-order valence-corrected chi connectivity index (χ1v) is 11.5. The van der Waals surface area contributed by atoms with Crippen molar-refractivity contribution in [3.05, 3.63) is 54.7 Å². The summed E-state index contributed by atoms with van der Waals surface area (Å²) >= 11 is 0. The number of hydroxylamine groups is 1. The van der Waals surface area contributed by atoms with Crippen molar-refractivity contribution in [3.8, 4) is 22.7 Å². The van der Waals surface area contributed by atoms with Crippen molar-refractivity contribution in [1.29, 1.82) is 0 Å². The minimum Gasteiger partial charge on any atom is -0.497 e. The first-order chi connectivity index (χ1) is 15.4. The van der Waals surface area contributed by atoms with Gasteiger partial charge in [0.2, 0.25) is 0 Å². The van der Waals surface area contributed by atoms with Crippen LogP contribution in [-0.2, 0) is 14.6 Å². The molecule has 0 saturated carbocycles. The Balaban J connectivity index is 1.61. The van der Waals surface area contributed by atoms with Crippen LogP contribution in [0, 0.1) is 0 Å². The summed E-state index contributed by atoms with van der Waals surface area (Å²) in [6, 6.07) is 13.5. The van der Waals surface area contributed by atoms with Crippen LogP contribution in [0.1, 0.15) is 12.8 Å². The Morgan fingerprint density at radius 2 is 1.78 bits per heavy atom. The molecule has 2 aromatic carbocycles. The van der Waals surface area contributed by atoms with Gasteiger partial charge < -0.3 is 10.1 Å². The van der Waals surface area contributed by atoms with Crippen LogP contribution in [0.3, 0.4) is 0 Å². The van der Waals surface area contributed by atoms with E-state index in [1.807, 2.05) is 24.3 Å². The average molecular weight is 458 g/mol. The van der Waals surface area contributed by atoms with E-state index in [0.29, 0.717) is 24.5 Å². The number of hydrogen-bond acceptors (Lipinski definition) is 8. The third kappa shape index (κ3) is 3.74. The molecule has 2 heterocycles. The fourth-order valence-corrected chi connectivity index (χ4v) is 5.81. The summed E-state index contributed by atoms with van der Waals surface area (Å²) in [5, 5.41) is 20.5. The highest BCUT2D eigenvalue weighted by molar-refractivity contribution is 7.93. The number of hydrogen-bond donors (Lipinski definition) is 3. The number of methoxy groups -OCH3 is 1. The number of nitrogens with zero attached hydrogens (tertiary/aromatic N) is 3. The molecule has 1 aromatic heterocycles. The minimum atomic E-state index is -4.05. The summed E-state index contributed by atoms with van der Waals surface area (Å²) in [6.45, 7) is 0.718. The standard InChI is InChI=1S/C21H23N5O5S/c1-31-17-6-2-15(3-7-17)19-14-26(25-23-19)16-4-8-18(9-5-16)32(29,30)21(20(27)24-28)10-12-22-13-11-21/h2-9,14,22,28H,10-13H2,1H3,(H,24,27). The number of ether oxygens (including phenoxy) is 1. The van der Waals surface area contributed by atoms with Gasteiger partial charge in [0.1, 0.15) is 11.4 Å². The van der Waals surface area contributed by atoms with Gasteiger partial charge in [-0.1, -0.05) is 5.21 Å². The summed E-state index contributed by atoms with van der Waals surface area (Å²) in [7, 11) is -2.45. The highest BCUT2D eigenvalue weighted by Crippen LogP contribution is 2.34. The van der Waals surface area contributed by atoms with E-state index in [0.717, 1.165) is 11.3 Å². The van der Waals surface area contributed by atoms with Crippen LogP contribution in [-0.4, -0.2) is 59.5 Å².